The molecule has 2 rings (SSSR count). The van der Waals surface area contributed by atoms with Gasteiger partial charge in [-0.1, -0.05) is 15.9 Å². The Bertz CT molecular complexity index is 688. The lowest BCUT2D eigenvalue weighted by molar-refractivity contribution is 0.0698. The van der Waals surface area contributed by atoms with Crippen LogP contribution >= 0.6 is 15.9 Å². The van der Waals surface area contributed by atoms with E-state index in [0.29, 0.717) is 4.47 Å². The minimum absolute atomic E-state index is 0.0221. The molecule has 1 aromatic rings. The highest BCUT2D eigenvalue weighted by molar-refractivity contribution is 9.10. The number of nitrogens with one attached hydrogen (secondary N) is 1. The molecule has 1 fully saturated rings. The molecule has 1 saturated heterocycles. The van der Waals surface area contributed by atoms with E-state index in [-0.39, 0.29) is 11.6 Å². The van der Waals surface area contributed by atoms with Crippen molar-refractivity contribution in [3.63, 3.8) is 0 Å². The predicted molar refractivity (Wildman–Crippen MR) is 85.2 cm³/mol. The van der Waals surface area contributed by atoms with E-state index in [1.807, 2.05) is 0 Å². The maximum Gasteiger partial charge on any atom is 0.256 e. The number of halogens is 2. The van der Waals surface area contributed by atoms with Crippen LogP contribution < -0.4 is 5.32 Å². The second-order valence-corrected chi connectivity index (χ2v) is 8.33. The van der Waals surface area contributed by atoms with Crippen molar-refractivity contribution in [2.45, 2.75) is 23.8 Å². The van der Waals surface area contributed by atoms with Gasteiger partial charge in [-0.25, -0.2) is 12.8 Å². The molecular formula is C14H18BrFN2O3S. The number of benzene rings is 1. The molecule has 0 saturated carbocycles. The minimum Gasteiger partial charge on any atom is -0.339 e. The van der Waals surface area contributed by atoms with Gasteiger partial charge in [0.1, 0.15) is 4.90 Å². The summed E-state index contributed by atoms with van der Waals surface area (Å²) in [6, 6.07) is 2.52. The topological polar surface area (TPSA) is 66.5 Å². The molecule has 0 aliphatic carbocycles. The smallest absolute Gasteiger partial charge is 0.256 e. The van der Waals surface area contributed by atoms with Crippen molar-refractivity contribution in [3.05, 3.63) is 28.0 Å². The van der Waals surface area contributed by atoms with Crippen molar-refractivity contribution in [1.29, 1.82) is 0 Å². The zero-order chi connectivity index (χ0) is 16.5. The molecule has 8 heteroatoms. The fourth-order valence-electron chi connectivity index (χ4n) is 2.54. The van der Waals surface area contributed by atoms with Crippen molar-refractivity contribution in [2.24, 2.45) is 0 Å². The Labute approximate surface area is 137 Å². The number of amides is 1. The van der Waals surface area contributed by atoms with Crippen LogP contribution in [0.25, 0.3) is 0 Å². The summed E-state index contributed by atoms with van der Waals surface area (Å²) in [4.78, 5) is 13.6. The number of hydrogen-bond donors (Lipinski definition) is 1. The van der Waals surface area contributed by atoms with Crippen LogP contribution in [-0.2, 0) is 9.84 Å². The fourth-order valence-corrected chi connectivity index (χ4v) is 3.93. The lowest BCUT2D eigenvalue weighted by Gasteiger charge is -2.31. The van der Waals surface area contributed by atoms with Gasteiger partial charge in [0.25, 0.3) is 5.91 Å². The molecule has 0 aromatic heterocycles. The summed E-state index contributed by atoms with van der Waals surface area (Å²) in [5, 5.41) is 3.20. The first-order chi connectivity index (χ1) is 10.2. The second-order valence-electron chi connectivity index (χ2n) is 5.43. The Balaban J connectivity index is 2.39. The Morgan fingerprint density at radius 1 is 1.36 bits per heavy atom. The molecule has 122 valence electrons. The van der Waals surface area contributed by atoms with E-state index in [4.69, 9.17) is 0 Å². The number of carbonyl (C=O) groups excluding carboxylic acids is 1. The Morgan fingerprint density at radius 3 is 2.50 bits per heavy atom. The molecule has 0 radical (unpaired) electrons. The third kappa shape index (κ3) is 3.67. The fraction of sp³-hybridized carbons (Fsp3) is 0.500. The summed E-state index contributed by atoms with van der Waals surface area (Å²) in [5.74, 6) is -1.49. The molecule has 22 heavy (non-hydrogen) atoms. The number of piperidine rings is 1. The van der Waals surface area contributed by atoms with E-state index >= 15 is 0 Å². The average Bonchev–Trinajstić information content (AvgIpc) is 2.47. The minimum atomic E-state index is -3.75. The highest BCUT2D eigenvalue weighted by Gasteiger charge is 2.28. The first-order valence-corrected chi connectivity index (χ1v) is 9.57. The predicted octanol–water partition coefficient (Wildman–Crippen LogP) is 1.82. The van der Waals surface area contributed by atoms with E-state index in [1.54, 1.807) is 7.05 Å². The van der Waals surface area contributed by atoms with Gasteiger partial charge in [0.2, 0.25) is 0 Å². The van der Waals surface area contributed by atoms with E-state index in [0.717, 1.165) is 32.2 Å². The molecule has 1 aromatic carbocycles. The third-order valence-electron chi connectivity index (χ3n) is 3.81. The number of hydrogen-bond acceptors (Lipinski definition) is 4. The first-order valence-electron chi connectivity index (χ1n) is 6.89. The SMILES string of the molecule is CN(C(=O)c1cc(Br)cc(S(C)(=O)=O)c1F)C1CCNCC1. The summed E-state index contributed by atoms with van der Waals surface area (Å²) < 4.78 is 38.1. The van der Waals surface area contributed by atoms with Gasteiger partial charge in [0.05, 0.1) is 5.56 Å². The number of rotatable bonds is 3. The molecule has 1 amide bonds. The van der Waals surface area contributed by atoms with Gasteiger partial charge in [0.15, 0.2) is 15.7 Å². The quantitative estimate of drug-likeness (QED) is 0.851. The Morgan fingerprint density at radius 2 is 1.95 bits per heavy atom. The number of sulfone groups is 1. The molecule has 5 nitrogen and oxygen atoms in total. The third-order valence-corrected chi connectivity index (χ3v) is 5.36. The first kappa shape index (κ1) is 17.4. The molecule has 1 N–H and O–H groups in total. The standard InChI is InChI=1S/C14H18BrFN2O3S/c1-18(10-3-5-17-6-4-10)14(19)11-7-9(15)8-12(13(11)16)22(2,20)21/h7-8,10,17H,3-6H2,1-2H3. The molecule has 0 unspecified atom stereocenters. The number of nitrogens with zero attached hydrogens (tertiary/aromatic N) is 1. The molecular weight excluding hydrogens is 375 g/mol. The van der Waals surface area contributed by atoms with Crippen LogP contribution in [0.2, 0.25) is 0 Å². The summed E-state index contributed by atoms with van der Waals surface area (Å²) >= 11 is 3.14. The summed E-state index contributed by atoms with van der Waals surface area (Å²) in [5.41, 5.74) is -0.226. The summed E-state index contributed by atoms with van der Waals surface area (Å²) in [6.45, 7) is 1.61. The van der Waals surface area contributed by atoms with E-state index in [9.17, 15) is 17.6 Å². The van der Waals surface area contributed by atoms with E-state index in [1.165, 1.54) is 17.0 Å². The highest BCUT2D eigenvalue weighted by atomic mass is 79.9. The monoisotopic (exact) mass is 392 g/mol. The highest BCUT2D eigenvalue weighted by Crippen LogP contribution is 2.26. The van der Waals surface area contributed by atoms with Crippen LogP contribution in [0.5, 0.6) is 0 Å². The normalized spacial score (nSPS) is 16.5. The molecule has 1 heterocycles. The lowest BCUT2D eigenvalue weighted by Crippen LogP contribution is -2.44. The van der Waals surface area contributed by atoms with Crippen LogP contribution in [0.15, 0.2) is 21.5 Å². The van der Waals surface area contributed by atoms with Crippen LogP contribution in [0.1, 0.15) is 23.2 Å². The van der Waals surface area contributed by atoms with Gasteiger partial charge in [-0.3, -0.25) is 4.79 Å². The van der Waals surface area contributed by atoms with Crippen molar-refractivity contribution in [2.75, 3.05) is 26.4 Å². The van der Waals surface area contributed by atoms with Gasteiger partial charge in [-0.2, -0.15) is 0 Å². The van der Waals surface area contributed by atoms with Crippen LogP contribution in [0.3, 0.4) is 0 Å². The van der Waals surface area contributed by atoms with Crippen LogP contribution in [0, 0.1) is 5.82 Å². The van der Waals surface area contributed by atoms with Crippen molar-refractivity contribution < 1.29 is 17.6 Å². The average molecular weight is 393 g/mol. The number of carbonyl (C=O) groups is 1. The molecule has 0 atom stereocenters. The maximum absolute atomic E-state index is 14.5. The van der Waals surface area contributed by atoms with Gasteiger partial charge in [0, 0.05) is 23.8 Å². The molecule has 1 aliphatic rings. The molecule has 0 spiro atoms. The zero-order valence-corrected chi connectivity index (χ0v) is 14.8. The van der Waals surface area contributed by atoms with Crippen LogP contribution in [0.4, 0.5) is 4.39 Å². The van der Waals surface area contributed by atoms with Crippen molar-refractivity contribution in [3.8, 4) is 0 Å². The Hall–Kier alpha value is -0.990. The van der Waals surface area contributed by atoms with Gasteiger partial charge in [-0.15, -0.1) is 0 Å². The van der Waals surface area contributed by atoms with Gasteiger partial charge < -0.3 is 10.2 Å². The summed E-state index contributed by atoms with van der Waals surface area (Å²) in [6.07, 6.45) is 2.50. The Kier molecular flexibility index (Phi) is 5.24. The maximum atomic E-state index is 14.5. The van der Waals surface area contributed by atoms with E-state index < -0.39 is 26.5 Å². The van der Waals surface area contributed by atoms with Gasteiger partial charge >= 0.3 is 0 Å². The van der Waals surface area contributed by atoms with E-state index in [2.05, 4.69) is 21.2 Å². The zero-order valence-electron chi connectivity index (χ0n) is 12.4. The van der Waals surface area contributed by atoms with Gasteiger partial charge in [-0.05, 0) is 38.1 Å². The largest absolute Gasteiger partial charge is 0.339 e. The molecule has 1 aliphatic heterocycles. The molecule has 0 bridgehead atoms. The second kappa shape index (κ2) is 6.64. The van der Waals surface area contributed by atoms with Crippen molar-refractivity contribution in [1.82, 2.24) is 10.2 Å². The van der Waals surface area contributed by atoms with Crippen LogP contribution in [-0.4, -0.2) is 51.7 Å². The lowest BCUT2D eigenvalue weighted by atomic mass is 10.0. The summed E-state index contributed by atoms with van der Waals surface area (Å²) in [7, 11) is -2.12. The van der Waals surface area contributed by atoms with Crippen molar-refractivity contribution >= 4 is 31.7 Å².